The van der Waals surface area contributed by atoms with E-state index in [1.807, 2.05) is 13.0 Å². The summed E-state index contributed by atoms with van der Waals surface area (Å²) in [5.41, 5.74) is 1.49. The van der Waals surface area contributed by atoms with E-state index < -0.39 is 10.0 Å². The lowest BCUT2D eigenvalue weighted by atomic mass is 9.98. The van der Waals surface area contributed by atoms with Gasteiger partial charge in [0.15, 0.2) is 0 Å². The van der Waals surface area contributed by atoms with E-state index in [1.165, 1.54) is 4.31 Å². The lowest BCUT2D eigenvalue weighted by Gasteiger charge is -2.30. The first-order valence-electron chi connectivity index (χ1n) is 8.77. The molecule has 0 bridgehead atoms. The Hall–Kier alpha value is -1.71. The molecule has 0 radical (unpaired) electrons. The minimum atomic E-state index is -3.28. The van der Waals surface area contributed by atoms with Crippen LogP contribution in [-0.2, 0) is 21.4 Å². The lowest BCUT2D eigenvalue weighted by molar-refractivity contribution is -0.120. The highest BCUT2D eigenvalue weighted by Gasteiger charge is 2.31. The third-order valence-electron chi connectivity index (χ3n) is 4.77. The molecular weight excluding hydrogens is 374 g/mol. The van der Waals surface area contributed by atoms with Gasteiger partial charge in [0.05, 0.1) is 21.9 Å². The molecule has 1 N–H and O–H groups in total. The third-order valence-corrected chi connectivity index (χ3v) is 7.56. The second-order valence-corrected chi connectivity index (χ2v) is 9.63. The number of nitrogens with zero attached hydrogens (tertiary/aromatic N) is 2. The SMILES string of the molecule is CCn1c(=O)sc2cc(NC(=O)C3CCCN(S(=O)(=O)CC)C3)ccc21. The van der Waals surface area contributed by atoms with Crippen molar-refractivity contribution in [1.82, 2.24) is 8.87 Å². The molecule has 1 amide bonds. The first kappa shape index (κ1) is 19.1. The first-order valence-corrected chi connectivity index (χ1v) is 11.2. The number of aryl methyl sites for hydroxylation is 1. The number of sulfonamides is 1. The quantitative estimate of drug-likeness (QED) is 0.837. The van der Waals surface area contributed by atoms with Crippen molar-refractivity contribution < 1.29 is 13.2 Å². The largest absolute Gasteiger partial charge is 0.326 e. The smallest absolute Gasteiger partial charge is 0.308 e. The number of rotatable bonds is 5. The van der Waals surface area contributed by atoms with Crippen molar-refractivity contribution in [2.45, 2.75) is 33.2 Å². The van der Waals surface area contributed by atoms with Gasteiger partial charge in [0, 0.05) is 25.3 Å². The molecule has 1 aromatic carbocycles. The first-order chi connectivity index (χ1) is 12.4. The van der Waals surface area contributed by atoms with Gasteiger partial charge in [0.2, 0.25) is 15.9 Å². The summed E-state index contributed by atoms with van der Waals surface area (Å²) in [6, 6.07) is 5.41. The highest BCUT2D eigenvalue weighted by Crippen LogP contribution is 2.24. The molecule has 3 rings (SSSR count). The summed E-state index contributed by atoms with van der Waals surface area (Å²) in [6.45, 7) is 4.84. The number of hydrogen-bond acceptors (Lipinski definition) is 5. The summed E-state index contributed by atoms with van der Waals surface area (Å²) >= 11 is 1.16. The molecule has 1 aromatic heterocycles. The zero-order valence-electron chi connectivity index (χ0n) is 14.9. The molecule has 2 heterocycles. The Labute approximate surface area is 156 Å². The molecule has 2 aromatic rings. The zero-order valence-corrected chi connectivity index (χ0v) is 16.5. The van der Waals surface area contributed by atoms with E-state index in [1.54, 1.807) is 23.6 Å². The van der Waals surface area contributed by atoms with Crippen LogP contribution in [-0.4, -0.2) is 42.0 Å². The molecule has 1 aliphatic heterocycles. The van der Waals surface area contributed by atoms with Crippen LogP contribution in [0.3, 0.4) is 0 Å². The maximum Gasteiger partial charge on any atom is 0.308 e. The summed E-state index contributed by atoms with van der Waals surface area (Å²) in [6.07, 6.45) is 1.35. The van der Waals surface area contributed by atoms with Gasteiger partial charge in [-0.05, 0) is 44.9 Å². The third kappa shape index (κ3) is 3.70. The molecule has 0 aliphatic carbocycles. The van der Waals surface area contributed by atoms with E-state index in [0.717, 1.165) is 21.6 Å². The average molecular weight is 398 g/mol. The summed E-state index contributed by atoms with van der Waals surface area (Å²) in [7, 11) is -3.28. The zero-order chi connectivity index (χ0) is 18.9. The van der Waals surface area contributed by atoms with E-state index in [4.69, 9.17) is 0 Å². The minimum Gasteiger partial charge on any atom is -0.326 e. The summed E-state index contributed by atoms with van der Waals surface area (Å²) in [4.78, 5) is 24.5. The maximum absolute atomic E-state index is 12.6. The van der Waals surface area contributed by atoms with Gasteiger partial charge in [-0.25, -0.2) is 12.7 Å². The Bertz CT molecular complexity index is 978. The second kappa shape index (κ2) is 7.50. The van der Waals surface area contributed by atoms with Crippen LogP contribution in [0.1, 0.15) is 26.7 Å². The summed E-state index contributed by atoms with van der Waals surface area (Å²) < 4.78 is 28.0. The summed E-state index contributed by atoms with van der Waals surface area (Å²) in [5.74, 6) is -0.492. The van der Waals surface area contributed by atoms with Gasteiger partial charge in [-0.1, -0.05) is 11.3 Å². The highest BCUT2D eigenvalue weighted by molar-refractivity contribution is 7.89. The molecular formula is C17H23N3O4S2. The predicted molar refractivity (Wildman–Crippen MR) is 104 cm³/mol. The van der Waals surface area contributed by atoms with Crippen molar-refractivity contribution in [3.63, 3.8) is 0 Å². The second-order valence-electron chi connectivity index (χ2n) is 6.38. The molecule has 142 valence electrons. The monoisotopic (exact) mass is 397 g/mol. The number of nitrogens with one attached hydrogen (secondary N) is 1. The Kier molecular flexibility index (Phi) is 5.50. The number of carbonyl (C=O) groups is 1. The number of fused-ring (bicyclic) bond motifs is 1. The number of carbonyl (C=O) groups excluding carboxylic acids is 1. The fraction of sp³-hybridized carbons (Fsp3) is 0.529. The van der Waals surface area contributed by atoms with Gasteiger partial charge in [-0.15, -0.1) is 0 Å². The molecule has 1 atom stereocenters. The van der Waals surface area contributed by atoms with Crippen LogP contribution >= 0.6 is 11.3 Å². The van der Waals surface area contributed by atoms with Crippen molar-refractivity contribution in [1.29, 1.82) is 0 Å². The Morgan fingerprint density at radius 2 is 2.12 bits per heavy atom. The number of amides is 1. The lowest BCUT2D eigenvalue weighted by Crippen LogP contribution is -2.44. The van der Waals surface area contributed by atoms with Crippen LogP contribution in [0.5, 0.6) is 0 Å². The van der Waals surface area contributed by atoms with E-state index in [0.29, 0.717) is 31.6 Å². The number of thiazole rings is 1. The van der Waals surface area contributed by atoms with Gasteiger partial charge >= 0.3 is 4.87 Å². The van der Waals surface area contributed by atoms with Crippen molar-refractivity contribution in [2.24, 2.45) is 5.92 Å². The number of aromatic nitrogens is 1. The number of piperidine rings is 1. The Morgan fingerprint density at radius 3 is 2.81 bits per heavy atom. The van der Waals surface area contributed by atoms with E-state index in [-0.39, 0.29) is 29.0 Å². The molecule has 1 saturated heterocycles. The maximum atomic E-state index is 12.6. The normalized spacial score (nSPS) is 18.9. The molecule has 9 heteroatoms. The summed E-state index contributed by atoms with van der Waals surface area (Å²) in [5, 5.41) is 2.88. The number of hydrogen-bond donors (Lipinski definition) is 1. The van der Waals surface area contributed by atoms with E-state index >= 15 is 0 Å². The fourth-order valence-corrected chi connectivity index (χ4v) is 5.45. The average Bonchev–Trinajstić information content (AvgIpc) is 2.95. The molecule has 0 saturated carbocycles. The highest BCUT2D eigenvalue weighted by atomic mass is 32.2. The predicted octanol–water partition coefficient (Wildman–Crippen LogP) is 2.08. The molecule has 1 aliphatic rings. The van der Waals surface area contributed by atoms with Gasteiger partial charge in [0.25, 0.3) is 0 Å². The molecule has 7 nitrogen and oxygen atoms in total. The molecule has 1 fully saturated rings. The van der Waals surface area contributed by atoms with Crippen LogP contribution in [0.4, 0.5) is 5.69 Å². The molecule has 26 heavy (non-hydrogen) atoms. The van der Waals surface area contributed by atoms with E-state index in [9.17, 15) is 18.0 Å². The standard InChI is InChI=1S/C17H23N3O4S2/c1-3-20-14-8-7-13(10-15(14)25-17(20)22)18-16(21)12-6-5-9-19(11-12)26(23,24)4-2/h7-8,10,12H,3-6,9,11H2,1-2H3,(H,18,21). The Balaban J connectivity index is 1.75. The number of benzene rings is 1. The molecule has 0 spiro atoms. The van der Waals surface area contributed by atoms with Crippen LogP contribution in [0, 0.1) is 5.92 Å². The van der Waals surface area contributed by atoms with Crippen molar-refractivity contribution in [3.8, 4) is 0 Å². The van der Waals surface area contributed by atoms with Crippen LogP contribution < -0.4 is 10.2 Å². The topological polar surface area (TPSA) is 88.5 Å². The Morgan fingerprint density at radius 1 is 1.35 bits per heavy atom. The minimum absolute atomic E-state index is 0.0151. The van der Waals surface area contributed by atoms with Gasteiger partial charge in [0.1, 0.15) is 0 Å². The van der Waals surface area contributed by atoms with Crippen LogP contribution in [0.25, 0.3) is 10.2 Å². The van der Waals surface area contributed by atoms with Crippen molar-refractivity contribution in [3.05, 3.63) is 27.9 Å². The fourth-order valence-electron chi connectivity index (χ4n) is 3.28. The van der Waals surface area contributed by atoms with Crippen LogP contribution in [0.2, 0.25) is 0 Å². The van der Waals surface area contributed by atoms with Gasteiger partial charge in [-0.2, -0.15) is 0 Å². The van der Waals surface area contributed by atoms with Crippen molar-refractivity contribution >= 4 is 43.2 Å². The van der Waals surface area contributed by atoms with Gasteiger partial charge in [-0.3, -0.25) is 14.2 Å². The van der Waals surface area contributed by atoms with Crippen molar-refractivity contribution in [2.75, 3.05) is 24.2 Å². The molecule has 1 unspecified atom stereocenters. The van der Waals surface area contributed by atoms with Crippen LogP contribution in [0.15, 0.2) is 23.0 Å². The number of anilines is 1. The van der Waals surface area contributed by atoms with E-state index in [2.05, 4.69) is 5.32 Å². The van der Waals surface area contributed by atoms with Gasteiger partial charge < -0.3 is 5.32 Å².